The second-order valence-electron chi connectivity index (χ2n) is 2.33. The van der Waals surface area contributed by atoms with Gasteiger partial charge in [0, 0.05) is 11.3 Å². The molecule has 0 unspecified atom stereocenters. The summed E-state index contributed by atoms with van der Waals surface area (Å²) in [5.74, 6) is -1.50. The Balaban J connectivity index is 4.12. The van der Waals surface area contributed by atoms with Gasteiger partial charge in [-0.3, -0.25) is 4.79 Å². The number of thiol groups is 1. The molecule has 12 heavy (non-hydrogen) atoms. The van der Waals surface area contributed by atoms with Gasteiger partial charge >= 0.3 is 5.97 Å². The molecule has 5 heteroatoms. The Labute approximate surface area is 76.1 Å². The Morgan fingerprint density at radius 2 is 2.17 bits per heavy atom. The van der Waals surface area contributed by atoms with Gasteiger partial charge in [0.2, 0.25) is 5.91 Å². The highest BCUT2D eigenvalue weighted by Gasteiger charge is 2.17. The normalized spacial score (nSPS) is 11.8. The summed E-state index contributed by atoms with van der Waals surface area (Å²) in [6, 6.07) is -0.947. The first-order valence-electron chi connectivity index (χ1n) is 3.29. The summed E-state index contributed by atoms with van der Waals surface area (Å²) in [5, 5.41) is 10.8. The van der Waals surface area contributed by atoms with Gasteiger partial charge in [-0.05, 0) is 6.92 Å². The number of aliphatic carboxylic acids is 1. The number of nitrogens with one attached hydrogen (secondary N) is 1. The van der Waals surface area contributed by atoms with E-state index in [1.165, 1.54) is 6.92 Å². The highest BCUT2D eigenvalue weighted by Crippen LogP contribution is 1.92. The first-order valence-corrected chi connectivity index (χ1v) is 3.92. The van der Waals surface area contributed by atoms with E-state index < -0.39 is 17.9 Å². The summed E-state index contributed by atoms with van der Waals surface area (Å²) >= 11 is 3.77. The number of rotatable bonds is 4. The minimum absolute atomic E-state index is 0.0638. The third-order valence-electron chi connectivity index (χ3n) is 1.17. The number of carboxylic acid groups (broad SMARTS) is 1. The Morgan fingerprint density at radius 3 is 2.42 bits per heavy atom. The van der Waals surface area contributed by atoms with E-state index >= 15 is 0 Å². The van der Waals surface area contributed by atoms with Crippen LogP contribution in [0.15, 0.2) is 12.2 Å². The number of carboxylic acids is 1. The fraction of sp³-hybridized carbons (Fsp3) is 0.429. The van der Waals surface area contributed by atoms with Crippen LogP contribution in [-0.2, 0) is 9.59 Å². The molecule has 4 nitrogen and oxygen atoms in total. The molecule has 0 fully saturated rings. The fourth-order valence-electron chi connectivity index (χ4n) is 0.467. The predicted molar refractivity (Wildman–Crippen MR) is 48.2 cm³/mol. The summed E-state index contributed by atoms with van der Waals surface area (Å²) in [6.45, 7) is 4.88. The van der Waals surface area contributed by atoms with Crippen LogP contribution >= 0.6 is 12.6 Å². The molecule has 0 rings (SSSR count). The molecular weight excluding hydrogens is 178 g/mol. The van der Waals surface area contributed by atoms with E-state index in [0.717, 1.165) is 0 Å². The van der Waals surface area contributed by atoms with Gasteiger partial charge < -0.3 is 10.4 Å². The van der Waals surface area contributed by atoms with Crippen LogP contribution in [0.1, 0.15) is 6.92 Å². The van der Waals surface area contributed by atoms with E-state index in [9.17, 15) is 9.59 Å². The second-order valence-corrected chi connectivity index (χ2v) is 2.69. The van der Waals surface area contributed by atoms with E-state index in [-0.39, 0.29) is 11.3 Å². The third-order valence-corrected chi connectivity index (χ3v) is 1.54. The van der Waals surface area contributed by atoms with E-state index in [0.29, 0.717) is 0 Å². The molecule has 0 aromatic carbocycles. The maximum absolute atomic E-state index is 10.9. The molecular formula is C7H11NO3S. The van der Waals surface area contributed by atoms with Gasteiger partial charge in [-0.2, -0.15) is 12.6 Å². The van der Waals surface area contributed by atoms with Crippen molar-refractivity contribution in [2.24, 2.45) is 0 Å². The molecule has 0 aromatic heterocycles. The van der Waals surface area contributed by atoms with Crippen molar-refractivity contribution in [2.75, 3.05) is 5.75 Å². The molecule has 0 aromatic rings. The molecule has 2 N–H and O–H groups in total. The summed E-state index contributed by atoms with van der Waals surface area (Å²) in [7, 11) is 0. The lowest BCUT2D eigenvalue weighted by Gasteiger charge is -2.10. The van der Waals surface area contributed by atoms with Crippen molar-refractivity contribution in [3.8, 4) is 0 Å². The van der Waals surface area contributed by atoms with E-state index in [1.54, 1.807) is 0 Å². The molecule has 1 amide bonds. The molecule has 0 heterocycles. The SMILES string of the molecule is C=C(C)C(=O)N[C@@H](CS)C(=O)O. The quantitative estimate of drug-likeness (QED) is 0.433. The number of amides is 1. The van der Waals surface area contributed by atoms with Crippen molar-refractivity contribution in [3.63, 3.8) is 0 Å². The Kier molecular flexibility index (Phi) is 4.43. The lowest BCUT2D eigenvalue weighted by Crippen LogP contribution is -2.42. The second kappa shape index (κ2) is 4.82. The van der Waals surface area contributed by atoms with Crippen molar-refractivity contribution >= 4 is 24.5 Å². The van der Waals surface area contributed by atoms with Crippen LogP contribution in [0.25, 0.3) is 0 Å². The van der Waals surface area contributed by atoms with Crippen molar-refractivity contribution in [3.05, 3.63) is 12.2 Å². The summed E-state index contributed by atoms with van der Waals surface area (Å²) in [4.78, 5) is 21.3. The summed E-state index contributed by atoms with van der Waals surface area (Å²) < 4.78 is 0. The van der Waals surface area contributed by atoms with E-state index in [2.05, 4.69) is 24.5 Å². The van der Waals surface area contributed by atoms with Gasteiger partial charge in [0.05, 0.1) is 0 Å². The summed E-state index contributed by atoms with van der Waals surface area (Å²) in [5.41, 5.74) is 0.281. The van der Waals surface area contributed by atoms with Crippen LogP contribution in [0.2, 0.25) is 0 Å². The molecule has 1 atom stereocenters. The van der Waals surface area contributed by atoms with Crippen LogP contribution in [-0.4, -0.2) is 28.8 Å². The minimum Gasteiger partial charge on any atom is -0.480 e. The monoisotopic (exact) mass is 189 g/mol. The minimum atomic E-state index is -1.10. The predicted octanol–water partition coefficient (Wildman–Crippen LogP) is 0.0617. The van der Waals surface area contributed by atoms with Gasteiger partial charge in [-0.1, -0.05) is 6.58 Å². The zero-order valence-corrected chi connectivity index (χ0v) is 7.60. The zero-order chi connectivity index (χ0) is 9.72. The molecule has 68 valence electrons. The van der Waals surface area contributed by atoms with Gasteiger partial charge in [-0.15, -0.1) is 0 Å². The summed E-state index contributed by atoms with van der Waals surface area (Å²) in [6.07, 6.45) is 0. The smallest absolute Gasteiger partial charge is 0.327 e. The third kappa shape index (κ3) is 3.43. The lowest BCUT2D eigenvalue weighted by atomic mass is 10.3. The molecule has 0 radical (unpaired) electrons. The van der Waals surface area contributed by atoms with Gasteiger partial charge in [-0.25, -0.2) is 4.79 Å². The highest BCUT2D eigenvalue weighted by atomic mass is 32.1. The first-order chi connectivity index (χ1) is 5.49. The van der Waals surface area contributed by atoms with E-state index in [4.69, 9.17) is 5.11 Å². The molecule has 0 aliphatic rings. The lowest BCUT2D eigenvalue weighted by molar-refractivity contribution is -0.140. The molecule has 0 aliphatic heterocycles. The van der Waals surface area contributed by atoms with Crippen molar-refractivity contribution < 1.29 is 14.7 Å². The number of carbonyl (C=O) groups excluding carboxylic acids is 1. The highest BCUT2D eigenvalue weighted by molar-refractivity contribution is 7.80. The van der Waals surface area contributed by atoms with E-state index in [1.807, 2.05) is 0 Å². The number of hydrogen-bond acceptors (Lipinski definition) is 3. The Bertz CT molecular complexity index is 215. The van der Waals surface area contributed by atoms with Crippen LogP contribution < -0.4 is 5.32 Å². The topological polar surface area (TPSA) is 66.4 Å². The van der Waals surface area contributed by atoms with Crippen LogP contribution in [0.5, 0.6) is 0 Å². The van der Waals surface area contributed by atoms with Crippen LogP contribution in [0.3, 0.4) is 0 Å². The first kappa shape index (κ1) is 11.0. The van der Waals surface area contributed by atoms with Crippen LogP contribution in [0.4, 0.5) is 0 Å². The molecule has 0 saturated heterocycles. The van der Waals surface area contributed by atoms with Crippen molar-refractivity contribution in [1.82, 2.24) is 5.32 Å². The largest absolute Gasteiger partial charge is 0.480 e. The maximum Gasteiger partial charge on any atom is 0.327 e. The maximum atomic E-state index is 10.9. The van der Waals surface area contributed by atoms with Gasteiger partial charge in [0.25, 0.3) is 0 Å². The fourth-order valence-corrected chi connectivity index (χ4v) is 0.714. The Hall–Kier alpha value is -0.970. The standard InChI is InChI=1S/C7H11NO3S/c1-4(2)6(9)8-5(3-12)7(10)11/h5,12H,1,3H2,2H3,(H,8,9)(H,10,11)/t5-/m0/s1. The van der Waals surface area contributed by atoms with Crippen molar-refractivity contribution in [2.45, 2.75) is 13.0 Å². The Morgan fingerprint density at radius 1 is 1.67 bits per heavy atom. The number of carbonyl (C=O) groups is 2. The zero-order valence-electron chi connectivity index (χ0n) is 6.70. The average molecular weight is 189 g/mol. The number of hydrogen-bond donors (Lipinski definition) is 3. The average Bonchev–Trinajstić information content (AvgIpc) is 1.98. The van der Waals surface area contributed by atoms with Gasteiger partial charge in [0.1, 0.15) is 6.04 Å². The van der Waals surface area contributed by atoms with Gasteiger partial charge in [0.15, 0.2) is 0 Å². The molecule has 0 spiro atoms. The van der Waals surface area contributed by atoms with Crippen LogP contribution in [0, 0.1) is 0 Å². The molecule has 0 saturated carbocycles. The molecule has 0 bridgehead atoms. The molecule has 0 aliphatic carbocycles. The van der Waals surface area contributed by atoms with Crippen molar-refractivity contribution in [1.29, 1.82) is 0 Å².